The predicted octanol–water partition coefficient (Wildman–Crippen LogP) is 3.72. The van der Waals surface area contributed by atoms with Crippen LogP contribution in [-0.4, -0.2) is 39.0 Å². The van der Waals surface area contributed by atoms with E-state index in [9.17, 15) is 0 Å². The number of aryl methyl sites for hydroxylation is 2. The Morgan fingerprint density at radius 1 is 1.08 bits per heavy atom. The zero-order valence-electron chi connectivity index (χ0n) is 15.4. The second-order valence-corrected chi connectivity index (χ2v) is 7.16. The lowest BCUT2D eigenvalue weighted by atomic mass is 10.0. The number of rotatable bonds is 4. The molecule has 3 heterocycles. The quantitative estimate of drug-likeness (QED) is 0.779. The van der Waals surface area contributed by atoms with Gasteiger partial charge in [-0.3, -0.25) is 9.88 Å². The standard InChI is InChI=1S/C21H25N5/c1-15-11-21(23-14-22-15)25-19-7-9-26(10-8-19)13-18-12-17-5-3-4-6-20(17)24-16(18)2/h3-6,11-12,14,19H,7-10,13H2,1-2H3,(H,22,23,25). The summed E-state index contributed by atoms with van der Waals surface area (Å²) in [4.78, 5) is 15.8. The van der Waals surface area contributed by atoms with Crippen LogP contribution in [0.3, 0.4) is 0 Å². The third-order valence-electron chi connectivity index (χ3n) is 5.16. The van der Waals surface area contributed by atoms with Gasteiger partial charge in [-0.25, -0.2) is 9.97 Å². The highest BCUT2D eigenvalue weighted by molar-refractivity contribution is 5.79. The van der Waals surface area contributed by atoms with Crippen molar-refractivity contribution < 1.29 is 0 Å². The van der Waals surface area contributed by atoms with Gasteiger partial charge >= 0.3 is 0 Å². The number of piperidine rings is 1. The number of hydrogen-bond acceptors (Lipinski definition) is 5. The van der Waals surface area contributed by atoms with Crippen LogP contribution in [0.4, 0.5) is 5.82 Å². The number of likely N-dealkylation sites (tertiary alicyclic amines) is 1. The van der Waals surface area contributed by atoms with E-state index < -0.39 is 0 Å². The molecular formula is C21H25N5. The maximum absolute atomic E-state index is 4.77. The van der Waals surface area contributed by atoms with Crippen LogP contribution in [0, 0.1) is 13.8 Å². The summed E-state index contributed by atoms with van der Waals surface area (Å²) in [7, 11) is 0. The summed E-state index contributed by atoms with van der Waals surface area (Å²) in [5.74, 6) is 0.936. The van der Waals surface area contributed by atoms with Gasteiger partial charge < -0.3 is 5.32 Å². The van der Waals surface area contributed by atoms with Crippen LogP contribution in [0.1, 0.15) is 29.8 Å². The molecule has 1 aliphatic heterocycles. The maximum Gasteiger partial charge on any atom is 0.129 e. The van der Waals surface area contributed by atoms with Crippen LogP contribution < -0.4 is 5.32 Å². The van der Waals surface area contributed by atoms with Crippen molar-refractivity contribution in [2.45, 2.75) is 39.3 Å². The molecule has 0 atom stereocenters. The summed E-state index contributed by atoms with van der Waals surface area (Å²) in [6.07, 6.45) is 3.88. The molecule has 0 aliphatic carbocycles. The molecule has 3 aromatic rings. The van der Waals surface area contributed by atoms with Crippen molar-refractivity contribution >= 4 is 16.7 Å². The van der Waals surface area contributed by atoms with Crippen molar-refractivity contribution in [3.05, 3.63) is 59.7 Å². The highest BCUT2D eigenvalue weighted by Gasteiger charge is 2.20. The lowest BCUT2D eigenvalue weighted by molar-refractivity contribution is 0.210. The van der Waals surface area contributed by atoms with Crippen molar-refractivity contribution in [2.75, 3.05) is 18.4 Å². The van der Waals surface area contributed by atoms with Crippen molar-refractivity contribution in [1.29, 1.82) is 0 Å². The topological polar surface area (TPSA) is 53.9 Å². The van der Waals surface area contributed by atoms with E-state index >= 15 is 0 Å². The molecule has 4 rings (SSSR count). The normalized spacial score (nSPS) is 16.1. The van der Waals surface area contributed by atoms with Crippen LogP contribution in [0.2, 0.25) is 0 Å². The smallest absolute Gasteiger partial charge is 0.129 e. The number of pyridine rings is 1. The largest absolute Gasteiger partial charge is 0.367 e. The van der Waals surface area contributed by atoms with Crippen molar-refractivity contribution in [3.63, 3.8) is 0 Å². The number of anilines is 1. The Hall–Kier alpha value is -2.53. The summed E-state index contributed by atoms with van der Waals surface area (Å²) < 4.78 is 0. The van der Waals surface area contributed by atoms with E-state index in [2.05, 4.69) is 51.4 Å². The molecule has 0 bridgehead atoms. The Bertz CT molecular complexity index is 900. The molecule has 0 unspecified atom stereocenters. The fourth-order valence-electron chi connectivity index (χ4n) is 3.64. The molecule has 1 aliphatic rings. The van der Waals surface area contributed by atoms with Crippen molar-refractivity contribution in [2.24, 2.45) is 0 Å². The minimum Gasteiger partial charge on any atom is -0.367 e. The van der Waals surface area contributed by atoms with E-state index in [1.54, 1.807) is 6.33 Å². The fraction of sp³-hybridized carbons (Fsp3) is 0.381. The molecule has 26 heavy (non-hydrogen) atoms. The van der Waals surface area contributed by atoms with E-state index in [0.717, 1.165) is 55.2 Å². The molecule has 5 heteroatoms. The zero-order valence-corrected chi connectivity index (χ0v) is 15.4. The van der Waals surface area contributed by atoms with Crippen molar-refractivity contribution in [3.8, 4) is 0 Å². The van der Waals surface area contributed by atoms with Crippen molar-refractivity contribution in [1.82, 2.24) is 19.9 Å². The van der Waals surface area contributed by atoms with Gasteiger partial charge in [0.1, 0.15) is 12.1 Å². The number of nitrogens with one attached hydrogen (secondary N) is 1. The van der Waals surface area contributed by atoms with Crippen LogP contribution in [0.5, 0.6) is 0 Å². The summed E-state index contributed by atoms with van der Waals surface area (Å²) in [6, 6.07) is 13.1. The van der Waals surface area contributed by atoms with Crippen LogP contribution in [-0.2, 0) is 6.54 Å². The Kier molecular flexibility index (Phi) is 4.80. The molecule has 134 valence electrons. The summed E-state index contributed by atoms with van der Waals surface area (Å²) in [6.45, 7) is 7.27. The van der Waals surface area contributed by atoms with Gasteiger partial charge in [0.2, 0.25) is 0 Å². The highest BCUT2D eigenvalue weighted by Crippen LogP contribution is 2.21. The van der Waals surface area contributed by atoms with Gasteiger partial charge in [-0.15, -0.1) is 0 Å². The van der Waals surface area contributed by atoms with Gasteiger partial charge in [-0.1, -0.05) is 18.2 Å². The molecule has 1 fully saturated rings. The number of aromatic nitrogens is 3. The molecule has 2 aromatic heterocycles. The number of para-hydroxylation sites is 1. The van der Waals surface area contributed by atoms with E-state index in [1.165, 1.54) is 10.9 Å². The fourth-order valence-corrected chi connectivity index (χ4v) is 3.64. The molecule has 0 amide bonds. The van der Waals surface area contributed by atoms with Gasteiger partial charge in [-0.05, 0) is 44.4 Å². The van der Waals surface area contributed by atoms with Gasteiger partial charge in [0.05, 0.1) is 5.52 Å². The summed E-state index contributed by atoms with van der Waals surface area (Å²) >= 11 is 0. The van der Waals surface area contributed by atoms with Gasteiger partial charge in [0.15, 0.2) is 0 Å². The Labute approximate surface area is 154 Å². The van der Waals surface area contributed by atoms with Crippen LogP contribution in [0.15, 0.2) is 42.7 Å². The lowest BCUT2D eigenvalue weighted by Gasteiger charge is -2.32. The van der Waals surface area contributed by atoms with Crippen LogP contribution >= 0.6 is 0 Å². The molecule has 1 saturated heterocycles. The Balaban J connectivity index is 1.37. The molecule has 1 aromatic carbocycles. The average Bonchev–Trinajstić information content (AvgIpc) is 2.64. The predicted molar refractivity (Wildman–Crippen MR) is 105 cm³/mol. The van der Waals surface area contributed by atoms with Crippen LogP contribution in [0.25, 0.3) is 10.9 Å². The minimum absolute atomic E-state index is 0.483. The first-order valence-corrected chi connectivity index (χ1v) is 9.30. The van der Waals surface area contributed by atoms with Gasteiger partial charge in [0, 0.05) is 48.5 Å². The number of benzene rings is 1. The SMILES string of the molecule is Cc1cc(NC2CCN(Cc3cc4ccccc4nc3C)CC2)ncn1. The minimum atomic E-state index is 0.483. The second-order valence-electron chi connectivity index (χ2n) is 7.16. The van der Waals surface area contributed by atoms with E-state index in [0.29, 0.717) is 6.04 Å². The molecule has 1 N–H and O–H groups in total. The number of hydrogen-bond donors (Lipinski definition) is 1. The van der Waals surface area contributed by atoms with E-state index in [-0.39, 0.29) is 0 Å². The maximum atomic E-state index is 4.77. The summed E-state index contributed by atoms with van der Waals surface area (Å²) in [5, 5.41) is 4.78. The molecule has 0 saturated carbocycles. The third-order valence-corrected chi connectivity index (χ3v) is 5.16. The number of fused-ring (bicyclic) bond motifs is 1. The van der Waals surface area contributed by atoms with Gasteiger partial charge in [0.25, 0.3) is 0 Å². The first-order valence-electron chi connectivity index (χ1n) is 9.30. The van der Waals surface area contributed by atoms with E-state index in [1.807, 2.05) is 19.1 Å². The first-order chi connectivity index (χ1) is 12.7. The molecule has 5 nitrogen and oxygen atoms in total. The highest BCUT2D eigenvalue weighted by atomic mass is 15.1. The summed E-state index contributed by atoms with van der Waals surface area (Å²) in [5.41, 5.74) is 4.55. The Morgan fingerprint density at radius 2 is 1.88 bits per heavy atom. The lowest BCUT2D eigenvalue weighted by Crippen LogP contribution is -2.39. The average molecular weight is 347 g/mol. The van der Waals surface area contributed by atoms with Gasteiger partial charge in [-0.2, -0.15) is 0 Å². The second kappa shape index (κ2) is 7.38. The monoisotopic (exact) mass is 347 g/mol. The molecule has 0 radical (unpaired) electrons. The first kappa shape index (κ1) is 16.9. The Morgan fingerprint density at radius 3 is 2.69 bits per heavy atom. The van der Waals surface area contributed by atoms with E-state index in [4.69, 9.17) is 4.98 Å². The number of nitrogens with zero attached hydrogens (tertiary/aromatic N) is 4. The zero-order chi connectivity index (χ0) is 17.9. The molecular weight excluding hydrogens is 322 g/mol. The third kappa shape index (κ3) is 3.83. The molecule has 0 spiro atoms.